The molecule has 0 saturated heterocycles. The van der Waals surface area contributed by atoms with Gasteiger partial charge in [0.05, 0.1) is 0 Å². The maximum atomic E-state index is 8.63. The summed E-state index contributed by atoms with van der Waals surface area (Å²) >= 11 is 5.57. The van der Waals surface area contributed by atoms with Crippen LogP contribution in [0.15, 0.2) is 24.3 Å². The molecular weight excluding hydrogens is 232 g/mol. The molecule has 0 saturated carbocycles. The largest absolute Gasteiger partial charge is 0.726 e. The molecule has 0 unspecified atom stereocenters. The van der Waals surface area contributed by atoms with Gasteiger partial charge in [-0.05, 0) is 6.07 Å². The summed E-state index contributed by atoms with van der Waals surface area (Å²) in [4.78, 5) is 2.94. The van der Waals surface area contributed by atoms with Gasteiger partial charge >= 0.3 is 5.69 Å². The topological polar surface area (TPSA) is 106 Å². The lowest BCUT2D eigenvalue weighted by molar-refractivity contribution is 0.366. The van der Waals surface area contributed by atoms with Crippen LogP contribution >= 0.6 is 11.6 Å². The molecule has 14 heavy (non-hydrogen) atoms. The summed E-state index contributed by atoms with van der Waals surface area (Å²) in [6, 6.07) is 6.82. The third-order valence-electron chi connectivity index (χ3n) is 0.960. The van der Waals surface area contributed by atoms with Crippen molar-refractivity contribution in [3.63, 3.8) is 0 Å². The van der Waals surface area contributed by atoms with Crippen LogP contribution in [0.25, 0.3) is 4.98 Å². The highest BCUT2D eigenvalue weighted by molar-refractivity contribution is 7.79. The maximum Gasteiger partial charge on any atom is 0.403 e. The van der Waals surface area contributed by atoms with E-state index in [0.717, 1.165) is 0 Å². The highest BCUT2D eigenvalue weighted by atomic mass is 35.5. The van der Waals surface area contributed by atoms with Crippen molar-refractivity contribution < 1.29 is 17.5 Å². The van der Waals surface area contributed by atoms with Crippen LogP contribution in [0.5, 0.6) is 0 Å². The SMILES string of the molecule is N#[N+]c1ccccc1Cl.O=S(=O)([O-])O. The number of halogens is 1. The van der Waals surface area contributed by atoms with Crippen LogP contribution in [0.2, 0.25) is 5.02 Å². The normalized spacial score (nSPS) is 9.57. The highest BCUT2D eigenvalue weighted by Crippen LogP contribution is 2.22. The Morgan fingerprint density at radius 2 is 1.86 bits per heavy atom. The standard InChI is InChI=1S/C6H4ClN2.H2O4S/c7-5-3-1-2-4-6(5)9-8;1-5(2,3)4/h1-4H;(H2,1,2,3,4)/q+1;/p-1. The number of diazo groups is 1. The molecule has 8 heteroatoms. The van der Waals surface area contributed by atoms with Crippen LogP contribution in [0.3, 0.4) is 0 Å². The molecule has 0 aliphatic heterocycles. The Kier molecular flexibility index (Phi) is 5.04. The second-order valence-electron chi connectivity index (χ2n) is 1.98. The first-order valence-electron chi connectivity index (χ1n) is 3.12. The van der Waals surface area contributed by atoms with E-state index in [9.17, 15) is 0 Å². The Labute approximate surface area is 85.3 Å². The molecule has 1 aromatic rings. The van der Waals surface area contributed by atoms with Crippen molar-refractivity contribution in [2.75, 3.05) is 0 Å². The lowest BCUT2D eigenvalue weighted by atomic mass is 10.3. The first kappa shape index (κ1) is 12.8. The fourth-order valence-electron chi connectivity index (χ4n) is 0.533. The van der Waals surface area contributed by atoms with Crippen LogP contribution < -0.4 is 0 Å². The zero-order valence-electron chi connectivity index (χ0n) is 6.66. The number of rotatable bonds is 0. The average Bonchev–Trinajstić information content (AvgIpc) is 2.02. The van der Waals surface area contributed by atoms with E-state index in [1.165, 1.54) is 0 Å². The molecule has 1 rings (SSSR count). The quantitative estimate of drug-likeness (QED) is 0.420. The second kappa shape index (κ2) is 5.51. The van der Waals surface area contributed by atoms with Crippen molar-refractivity contribution in [2.24, 2.45) is 0 Å². The molecule has 0 radical (unpaired) electrons. The lowest BCUT2D eigenvalue weighted by Gasteiger charge is -1.88. The van der Waals surface area contributed by atoms with E-state index in [0.29, 0.717) is 10.7 Å². The van der Waals surface area contributed by atoms with E-state index in [4.69, 9.17) is 34.5 Å². The smallest absolute Gasteiger partial charge is 0.403 e. The van der Waals surface area contributed by atoms with E-state index < -0.39 is 10.4 Å². The summed E-state index contributed by atoms with van der Waals surface area (Å²) in [5.74, 6) is 0. The van der Waals surface area contributed by atoms with Crippen molar-refractivity contribution in [1.29, 1.82) is 5.39 Å². The lowest BCUT2D eigenvalue weighted by Crippen LogP contribution is -1.90. The van der Waals surface area contributed by atoms with E-state index in [-0.39, 0.29) is 0 Å². The van der Waals surface area contributed by atoms with E-state index in [1.807, 2.05) is 0 Å². The van der Waals surface area contributed by atoms with Gasteiger partial charge in [0, 0.05) is 6.07 Å². The first-order valence-corrected chi connectivity index (χ1v) is 4.87. The van der Waals surface area contributed by atoms with Gasteiger partial charge in [-0.1, -0.05) is 23.7 Å². The predicted octanol–water partition coefficient (Wildman–Crippen LogP) is 1.83. The molecule has 1 N–H and O–H groups in total. The molecule has 76 valence electrons. The number of benzene rings is 1. The molecule has 6 nitrogen and oxygen atoms in total. The number of hydrogen-bond donors (Lipinski definition) is 1. The Hall–Kier alpha value is -1.20. The van der Waals surface area contributed by atoms with Crippen LogP contribution in [0.4, 0.5) is 5.69 Å². The molecule has 0 atom stereocenters. The molecule has 0 fully saturated rings. The van der Waals surface area contributed by atoms with Crippen LogP contribution in [0, 0.1) is 5.39 Å². The molecule has 0 heterocycles. The summed E-state index contributed by atoms with van der Waals surface area (Å²) in [7, 11) is -4.92. The van der Waals surface area contributed by atoms with Crippen molar-refractivity contribution in [1.82, 2.24) is 0 Å². The van der Waals surface area contributed by atoms with Gasteiger partial charge in [-0.3, -0.25) is 4.55 Å². The van der Waals surface area contributed by atoms with E-state index in [2.05, 4.69) is 4.98 Å². The summed E-state index contributed by atoms with van der Waals surface area (Å²) in [6.45, 7) is 0. The average molecular weight is 237 g/mol. The van der Waals surface area contributed by atoms with Crippen LogP contribution in [0.1, 0.15) is 0 Å². The van der Waals surface area contributed by atoms with Crippen molar-refractivity contribution in [3.8, 4) is 0 Å². The number of nitrogens with zero attached hydrogens (tertiary/aromatic N) is 2. The third kappa shape index (κ3) is 7.45. The van der Waals surface area contributed by atoms with Gasteiger partial charge in [-0.25, -0.2) is 8.42 Å². The van der Waals surface area contributed by atoms with Gasteiger partial charge in [-0.2, -0.15) is 0 Å². The fourth-order valence-corrected chi connectivity index (χ4v) is 0.706. The van der Waals surface area contributed by atoms with Gasteiger partial charge in [-0.15, -0.1) is 0 Å². The minimum Gasteiger partial charge on any atom is -0.726 e. The fraction of sp³-hybridized carbons (Fsp3) is 0. The maximum absolute atomic E-state index is 8.63. The van der Waals surface area contributed by atoms with Crippen molar-refractivity contribution in [3.05, 3.63) is 34.3 Å². The highest BCUT2D eigenvalue weighted by Gasteiger charge is 2.07. The molecule has 0 aromatic heterocycles. The zero-order valence-corrected chi connectivity index (χ0v) is 8.23. The minimum atomic E-state index is -4.92. The van der Waals surface area contributed by atoms with Crippen molar-refractivity contribution >= 4 is 27.7 Å². The van der Waals surface area contributed by atoms with E-state index in [1.54, 1.807) is 24.3 Å². The molecule has 0 amide bonds. The summed E-state index contributed by atoms with van der Waals surface area (Å²) in [5, 5.41) is 8.72. The van der Waals surface area contributed by atoms with Crippen LogP contribution in [-0.4, -0.2) is 17.5 Å². The Bertz CT molecular complexity index is 431. The monoisotopic (exact) mass is 236 g/mol. The molecule has 0 spiro atoms. The van der Waals surface area contributed by atoms with E-state index >= 15 is 0 Å². The van der Waals surface area contributed by atoms with Gasteiger partial charge in [0.25, 0.3) is 0 Å². The molecule has 0 bridgehead atoms. The second-order valence-corrected chi connectivity index (χ2v) is 3.24. The summed E-state index contributed by atoms with van der Waals surface area (Å²) in [6.07, 6.45) is 0. The molecule has 1 aromatic carbocycles. The van der Waals surface area contributed by atoms with Gasteiger partial charge in [0.2, 0.25) is 15.8 Å². The Morgan fingerprint density at radius 1 is 1.43 bits per heavy atom. The first-order chi connectivity index (χ1) is 6.34. The minimum absolute atomic E-state index is 0.402. The summed E-state index contributed by atoms with van der Waals surface area (Å²) in [5.41, 5.74) is 0.402. The summed E-state index contributed by atoms with van der Waals surface area (Å²) < 4.78 is 32.8. The van der Waals surface area contributed by atoms with Gasteiger partial charge in [0.15, 0.2) is 4.98 Å². The Balaban J connectivity index is 0.000000292. The molecule has 0 aliphatic rings. The van der Waals surface area contributed by atoms with Crippen molar-refractivity contribution in [2.45, 2.75) is 0 Å². The van der Waals surface area contributed by atoms with Gasteiger partial charge in [0.1, 0.15) is 5.02 Å². The Morgan fingerprint density at radius 3 is 2.14 bits per heavy atom. The van der Waals surface area contributed by atoms with Crippen LogP contribution in [-0.2, 0) is 10.4 Å². The predicted molar refractivity (Wildman–Crippen MR) is 48.5 cm³/mol. The number of hydrogen-bond acceptors (Lipinski definition) is 4. The zero-order chi connectivity index (χ0) is 11.2. The van der Waals surface area contributed by atoms with Gasteiger partial charge < -0.3 is 4.55 Å². The molecular formula is C6H5ClN2O4S. The third-order valence-corrected chi connectivity index (χ3v) is 1.28. The molecule has 0 aliphatic carbocycles.